The lowest BCUT2D eigenvalue weighted by molar-refractivity contribution is 0.0754. The van der Waals surface area contributed by atoms with Crippen LogP contribution in [0.2, 0.25) is 0 Å². The highest BCUT2D eigenvalue weighted by atomic mass is 16.3. The van der Waals surface area contributed by atoms with Crippen molar-refractivity contribution in [1.29, 1.82) is 0 Å². The van der Waals surface area contributed by atoms with E-state index in [0.717, 1.165) is 13.0 Å². The van der Waals surface area contributed by atoms with Crippen LogP contribution in [0.3, 0.4) is 0 Å². The molecule has 1 saturated heterocycles. The molecule has 0 saturated carbocycles. The Morgan fingerprint density at radius 2 is 2.00 bits per heavy atom. The number of nitrogens with zero attached hydrogens (tertiary/aromatic N) is 2. The molecule has 0 unspecified atom stereocenters. The fourth-order valence-corrected chi connectivity index (χ4v) is 2.79. The molecule has 4 heteroatoms. The normalized spacial score (nSPS) is 18.1. The van der Waals surface area contributed by atoms with Crippen molar-refractivity contribution < 1.29 is 9.90 Å². The summed E-state index contributed by atoms with van der Waals surface area (Å²) in [7, 11) is 0. The Labute approximate surface area is 124 Å². The lowest BCUT2D eigenvalue weighted by Gasteiger charge is -2.17. The first-order valence-corrected chi connectivity index (χ1v) is 7.40. The highest BCUT2D eigenvalue weighted by molar-refractivity contribution is 5.93. The Kier molecular flexibility index (Phi) is 4.06. The van der Waals surface area contributed by atoms with Crippen molar-refractivity contribution in [2.75, 3.05) is 13.1 Å². The highest BCUT2D eigenvalue weighted by Gasteiger charge is 2.26. The molecule has 1 aromatic heterocycles. The van der Waals surface area contributed by atoms with Crippen LogP contribution in [0, 0.1) is 0 Å². The van der Waals surface area contributed by atoms with Crippen LogP contribution in [-0.2, 0) is 13.0 Å². The molecule has 3 rings (SSSR count). The number of benzene rings is 1. The van der Waals surface area contributed by atoms with Crippen molar-refractivity contribution in [3.63, 3.8) is 0 Å². The van der Waals surface area contributed by atoms with Gasteiger partial charge in [0.25, 0.3) is 5.91 Å². The molecule has 0 aliphatic carbocycles. The molecule has 1 N–H and O–H groups in total. The standard InChI is InChI=1S/C17H20N2O2/c20-15-9-12-19(13-15)17(21)16-7-4-10-18(16)11-8-14-5-2-1-3-6-14/h1-7,10,15,20H,8-9,11-13H2/t15-/m1/s1. The first kappa shape index (κ1) is 13.9. The maximum Gasteiger partial charge on any atom is 0.270 e. The van der Waals surface area contributed by atoms with Crippen LogP contribution in [-0.4, -0.2) is 39.7 Å². The van der Waals surface area contributed by atoms with Gasteiger partial charge in [-0.1, -0.05) is 30.3 Å². The van der Waals surface area contributed by atoms with E-state index in [1.807, 2.05) is 41.1 Å². The van der Waals surface area contributed by atoms with E-state index in [2.05, 4.69) is 12.1 Å². The van der Waals surface area contributed by atoms with E-state index >= 15 is 0 Å². The molecule has 0 radical (unpaired) electrons. The highest BCUT2D eigenvalue weighted by Crippen LogP contribution is 2.15. The third-order valence-corrected chi connectivity index (χ3v) is 3.98. The molecule has 1 aliphatic rings. The Hall–Kier alpha value is -2.07. The Morgan fingerprint density at radius 3 is 2.71 bits per heavy atom. The fourth-order valence-electron chi connectivity index (χ4n) is 2.79. The van der Waals surface area contributed by atoms with Gasteiger partial charge in [-0.25, -0.2) is 0 Å². The van der Waals surface area contributed by atoms with Crippen molar-refractivity contribution in [3.8, 4) is 0 Å². The van der Waals surface area contributed by atoms with Gasteiger partial charge in [-0.2, -0.15) is 0 Å². The van der Waals surface area contributed by atoms with Gasteiger partial charge in [0.15, 0.2) is 0 Å². The minimum atomic E-state index is -0.373. The number of aryl methyl sites for hydroxylation is 2. The molecule has 4 nitrogen and oxygen atoms in total. The maximum absolute atomic E-state index is 12.5. The lowest BCUT2D eigenvalue weighted by Crippen LogP contribution is -2.31. The molecular weight excluding hydrogens is 264 g/mol. The van der Waals surface area contributed by atoms with E-state index in [0.29, 0.717) is 25.2 Å². The van der Waals surface area contributed by atoms with Gasteiger partial charge in [-0.05, 0) is 30.5 Å². The summed E-state index contributed by atoms with van der Waals surface area (Å²) in [5, 5.41) is 9.57. The van der Waals surface area contributed by atoms with E-state index in [1.165, 1.54) is 5.56 Å². The summed E-state index contributed by atoms with van der Waals surface area (Å²) in [6.45, 7) is 1.88. The second kappa shape index (κ2) is 6.14. The molecule has 1 atom stereocenters. The number of carbonyl (C=O) groups is 1. The molecule has 0 spiro atoms. The van der Waals surface area contributed by atoms with Crippen molar-refractivity contribution in [3.05, 3.63) is 59.9 Å². The summed E-state index contributed by atoms with van der Waals surface area (Å²) in [6, 6.07) is 14.0. The number of β-amino-alcohol motifs (C(OH)–C–C–N with tert-alkyl or cyclic N) is 1. The van der Waals surface area contributed by atoms with Gasteiger partial charge in [0.05, 0.1) is 6.10 Å². The first-order valence-electron chi connectivity index (χ1n) is 7.40. The van der Waals surface area contributed by atoms with Gasteiger partial charge in [-0.3, -0.25) is 4.79 Å². The minimum Gasteiger partial charge on any atom is -0.391 e. The SMILES string of the molecule is O=C(c1cccn1CCc1ccccc1)N1CC[C@@H](O)C1. The zero-order valence-corrected chi connectivity index (χ0v) is 12.0. The van der Waals surface area contributed by atoms with Crippen molar-refractivity contribution in [1.82, 2.24) is 9.47 Å². The zero-order chi connectivity index (χ0) is 14.7. The summed E-state index contributed by atoms with van der Waals surface area (Å²) in [5.74, 6) is 0.0182. The smallest absolute Gasteiger partial charge is 0.270 e. The molecule has 21 heavy (non-hydrogen) atoms. The topological polar surface area (TPSA) is 45.5 Å². The number of hydrogen-bond donors (Lipinski definition) is 1. The lowest BCUT2D eigenvalue weighted by atomic mass is 10.1. The fraction of sp³-hybridized carbons (Fsp3) is 0.353. The van der Waals surface area contributed by atoms with Gasteiger partial charge in [0.1, 0.15) is 5.69 Å². The Balaban J connectivity index is 1.68. The molecule has 2 aromatic rings. The second-order valence-corrected chi connectivity index (χ2v) is 5.52. The number of rotatable bonds is 4. The average molecular weight is 284 g/mol. The van der Waals surface area contributed by atoms with E-state index in [9.17, 15) is 9.90 Å². The maximum atomic E-state index is 12.5. The summed E-state index contributed by atoms with van der Waals surface area (Å²) in [5.41, 5.74) is 1.97. The van der Waals surface area contributed by atoms with Crippen LogP contribution in [0.4, 0.5) is 0 Å². The number of carbonyl (C=O) groups excluding carboxylic acids is 1. The molecular formula is C17H20N2O2. The second-order valence-electron chi connectivity index (χ2n) is 5.52. The van der Waals surface area contributed by atoms with Crippen LogP contribution < -0.4 is 0 Å². The number of hydrogen-bond acceptors (Lipinski definition) is 2. The third-order valence-electron chi connectivity index (χ3n) is 3.98. The Bertz CT molecular complexity index is 606. The third kappa shape index (κ3) is 3.16. The van der Waals surface area contributed by atoms with Gasteiger partial charge < -0.3 is 14.6 Å². The minimum absolute atomic E-state index is 0.0182. The van der Waals surface area contributed by atoms with E-state index in [4.69, 9.17) is 0 Å². The van der Waals surface area contributed by atoms with Crippen molar-refractivity contribution in [2.45, 2.75) is 25.5 Å². The molecule has 110 valence electrons. The first-order chi connectivity index (χ1) is 10.2. The van der Waals surface area contributed by atoms with Gasteiger partial charge >= 0.3 is 0 Å². The quantitative estimate of drug-likeness (QED) is 0.932. The van der Waals surface area contributed by atoms with E-state index in [-0.39, 0.29) is 12.0 Å². The number of aliphatic hydroxyl groups is 1. The van der Waals surface area contributed by atoms with Crippen LogP contribution in [0.25, 0.3) is 0 Å². The predicted octanol–water partition coefficient (Wildman–Crippen LogP) is 1.94. The Morgan fingerprint density at radius 1 is 1.19 bits per heavy atom. The predicted molar refractivity (Wildman–Crippen MR) is 81.1 cm³/mol. The molecule has 1 amide bonds. The summed E-state index contributed by atoms with van der Waals surface area (Å²) >= 11 is 0. The number of amides is 1. The number of aromatic nitrogens is 1. The van der Waals surface area contributed by atoms with Crippen LogP contribution in [0.5, 0.6) is 0 Å². The molecule has 0 bridgehead atoms. The van der Waals surface area contributed by atoms with Crippen LogP contribution in [0.15, 0.2) is 48.7 Å². The zero-order valence-electron chi connectivity index (χ0n) is 12.0. The monoisotopic (exact) mass is 284 g/mol. The van der Waals surface area contributed by atoms with Crippen molar-refractivity contribution >= 4 is 5.91 Å². The van der Waals surface area contributed by atoms with Gasteiger partial charge in [0.2, 0.25) is 0 Å². The molecule has 2 heterocycles. The number of aliphatic hydroxyl groups excluding tert-OH is 1. The summed E-state index contributed by atoms with van der Waals surface area (Å²) in [4.78, 5) is 14.2. The molecule has 1 aliphatic heterocycles. The molecule has 1 aromatic carbocycles. The van der Waals surface area contributed by atoms with E-state index in [1.54, 1.807) is 4.90 Å². The van der Waals surface area contributed by atoms with Gasteiger partial charge in [-0.15, -0.1) is 0 Å². The largest absolute Gasteiger partial charge is 0.391 e. The average Bonchev–Trinajstić information content (AvgIpc) is 3.14. The summed E-state index contributed by atoms with van der Waals surface area (Å²) in [6.07, 6.45) is 3.15. The van der Waals surface area contributed by atoms with Crippen LogP contribution >= 0.6 is 0 Å². The summed E-state index contributed by atoms with van der Waals surface area (Å²) < 4.78 is 2.00. The number of likely N-dealkylation sites (tertiary alicyclic amines) is 1. The van der Waals surface area contributed by atoms with Crippen LogP contribution in [0.1, 0.15) is 22.5 Å². The van der Waals surface area contributed by atoms with Crippen molar-refractivity contribution in [2.24, 2.45) is 0 Å². The van der Waals surface area contributed by atoms with E-state index < -0.39 is 0 Å². The molecule has 1 fully saturated rings. The van der Waals surface area contributed by atoms with Gasteiger partial charge in [0, 0.05) is 25.8 Å².